The fraction of sp³-hybridized carbons (Fsp3) is 0.382. The highest BCUT2D eigenvalue weighted by Crippen LogP contribution is 2.25. The molecule has 0 bridgehead atoms. The lowest BCUT2D eigenvalue weighted by Gasteiger charge is -2.31. The van der Waals surface area contributed by atoms with Crippen molar-refractivity contribution in [2.45, 2.75) is 45.6 Å². The Hall–Kier alpha value is -4.15. The van der Waals surface area contributed by atoms with Crippen LogP contribution in [0.2, 0.25) is 0 Å². The number of piperidine rings is 2. The highest BCUT2D eigenvalue weighted by molar-refractivity contribution is 5.99. The number of nitrogens with zero attached hydrogens (tertiary/aromatic N) is 4. The number of likely N-dealkylation sites (tertiary alicyclic amines) is 2. The molecule has 2 aliphatic heterocycles. The van der Waals surface area contributed by atoms with E-state index in [0.717, 1.165) is 43.6 Å². The highest BCUT2D eigenvalue weighted by atomic mass is 16.2. The number of Topliss-reactive ketones (excluding diaryl/α,β-unsaturated/α-hetero) is 2. The van der Waals surface area contributed by atoms with Gasteiger partial charge < -0.3 is 4.90 Å². The molecule has 0 N–H and O–H groups in total. The SMILES string of the molecule is Cc1ccc(C(=O)C2CCN(C(=O)c3ccc(C(=O)CC4CCN(Cc5ccc(C#N)cc5)CC4)nc3)CC2)cc1. The zero-order valence-electron chi connectivity index (χ0n) is 23.6. The second kappa shape index (κ2) is 13.0. The fourth-order valence-corrected chi connectivity index (χ4v) is 5.82. The number of aryl methyl sites for hydroxylation is 1. The van der Waals surface area contributed by atoms with Crippen molar-refractivity contribution >= 4 is 17.5 Å². The van der Waals surface area contributed by atoms with Crippen LogP contribution in [-0.2, 0) is 6.54 Å². The lowest BCUT2D eigenvalue weighted by Crippen LogP contribution is -2.40. The van der Waals surface area contributed by atoms with Crippen LogP contribution < -0.4 is 0 Å². The Bertz CT molecular complexity index is 1410. The Morgan fingerprint density at radius 2 is 1.51 bits per heavy atom. The molecule has 0 spiro atoms. The van der Waals surface area contributed by atoms with Gasteiger partial charge in [-0.25, -0.2) is 0 Å². The molecular weight excluding hydrogens is 512 g/mol. The Morgan fingerprint density at radius 1 is 0.854 bits per heavy atom. The summed E-state index contributed by atoms with van der Waals surface area (Å²) < 4.78 is 0. The van der Waals surface area contributed by atoms with Crippen LogP contribution in [0, 0.1) is 30.1 Å². The number of hydrogen-bond acceptors (Lipinski definition) is 6. The van der Waals surface area contributed by atoms with Crippen molar-refractivity contribution in [2.24, 2.45) is 11.8 Å². The van der Waals surface area contributed by atoms with Crippen LogP contribution >= 0.6 is 0 Å². The van der Waals surface area contributed by atoms with E-state index in [4.69, 9.17) is 5.26 Å². The van der Waals surface area contributed by atoms with Gasteiger partial charge in [0.15, 0.2) is 11.6 Å². The van der Waals surface area contributed by atoms with Crippen molar-refractivity contribution in [1.29, 1.82) is 5.26 Å². The first-order chi connectivity index (χ1) is 19.9. The minimum Gasteiger partial charge on any atom is -0.339 e. The van der Waals surface area contributed by atoms with E-state index in [2.05, 4.69) is 16.0 Å². The molecule has 7 heteroatoms. The van der Waals surface area contributed by atoms with E-state index >= 15 is 0 Å². The standard InChI is InChI=1S/C34H36N4O3/c1-24-2-8-28(9-3-24)33(40)29-14-18-38(19-15-29)34(41)30-10-11-31(36-22-30)32(39)20-25-12-16-37(17-13-25)23-27-6-4-26(21-35)5-7-27/h2-11,22,25,29H,12-20,23H2,1H3. The largest absolute Gasteiger partial charge is 0.339 e. The number of aromatic nitrogens is 1. The normalized spacial score (nSPS) is 16.7. The van der Waals surface area contributed by atoms with Gasteiger partial charge in [0.25, 0.3) is 5.91 Å². The monoisotopic (exact) mass is 548 g/mol. The zero-order valence-corrected chi connectivity index (χ0v) is 23.6. The summed E-state index contributed by atoms with van der Waals surface area (Å²) >= 11 is 0. The van der Waals surface area contributed by atoms with Crippen molar-refractivity contribution in [3.63, 3.8) is 0 Å². The number of nitriles is 1. The van der Waals surface area contributed by atoms with Crippen LogP contribution in [0.5, 0.6) is 0 Å². The number of benzene rings is 2. The summed E-state index contributed by atoms with van der Waals surface area (Å²) in [6.45, 7) is 5.79. The molecule has 2 aliphatic rings. The maximum absolute atomic E-state index is 13.1. The predicted octanol–water partition coefficient (Wildman–Crippen LogP) is 5.48. The lowest BCUT2D eigenvalue weighted by molar-refractivity contribution is 0.0649. The van der Waals surface area contributed by atoms with Gasteiger partial charge in [0.05, 0.1) is 17.2 Å². The van der Waals surface area contributed by atoms with Crippen LogP contribution in [0.15, 0.2) is 66.9 Å². The molecule has 5 rings (SSSR count). The fourth-order valence-electron chi connectivity index (χ4n) is 5.82. The number of rotatable bonds is 8. The topological polar surface area (TPSA) is 94.4 Å². The molecule has 0 radical (unpaired) electrons. The zero-order chi connectivity index (χ0) is 28.8. The average molecular weight is 549 g/mol. The van der Waals surface area contributed by atoms with Crippen LogP contribution in [0.4, 0.5) is 0 Å². The molecule has 1 aromatic heterocycles. The Morgan fingerprint density at radius 3 is 2.12 bits per heavy atom. The summed E-state index contributed by atoms with van der Waals surface area (Å²) in [4.78, 5) is 47.4. The smallest absolute Gasteiger partial charge is 0.255 e. The first-order valence-electron chi connectivity index (χ1n) is 14.5. The van der Waals surface area contributed by atoms with Crippen molar-refractivity contribution in [2.75, 3.05) is 26.2 Å². The summed E-state index contributed by atoms with van der Waals surface area (Å²) in [6.07, 6.45) is 5.19. The molecule has 2 aromatic carbocycles. The summed E-state index contributed by atoms with van der Waals surface area (Å²) in [5, 5.41) is 8.97. The van der Waals surface area contributed by atoms with Crippen molar-refractivity contribution in [3.8, 4) is 6.07 Å². The van der Waals surface area contributed by atoms with E-state index in [1.54, 1.807) is 17.0 Å². The summed E-state index contributed by atoms with van der Waals surface area (Å²) in [6, 6.07) is 20.9. The Kier molecular flexibility index (Phi) is 9.01. The highest BCUT2D eigenvalue weighted by Gasteiger charge is 2.29. The van der Waals surface area contributed by atoms with E-state index in [-0.39, 0.29) is 23.4 Å². The molecule has 2 saturated heterocycles. The number of pyridine rings is 1. The van der Waals surface area contributed by atoms with Crippen molar-refractivity contribution in [1.82, 2.24) is 14.8 Å². The molecular formula is C34H36N4O3. The maximum atomic E-state index is 13.1. The second-order valence-corrected chi connectivity index (χ2v) is 11.4. The van der Waals surface area contributed by atoms with Gasteiger partial charge in [0, 0.05) is 43.7 Å². The van der Waals surface area contributed by atoms with Crippen LogP contribution in [-0.4, -0.2) is 58.4 Å². The summed E-state index contributed by atoms with van der Waals surface area (Å²) in [5.41, 5.74) is 4.60. The third-order valence-corrected chi connectivity index (χ3v) is 8.46. The second-order valence-electron chi connectivity index (χ2n) is 11.4. The van der Waals surface area contributed by atoms with Crippen molar-refractivity contribution in [3.05, 3.63) is 100 Å². The number of hydrogen-bond donors (Lipinski definition) is 0. The first kappa shape index (κ1) is 28.4. The van der Waals surface area contributed by atoms with Gasteiger partial charge in [-0.05, 0) is 81.4 Å². The third kappa shape index (κ3) is 7.14. The number of carbonyl (C=O) groups is 3. The van der Waals surface area contributed by atoms with E-state index in [1.165, 1.54) is 11.8 Å². The molecule has 41 heavy (non-hydrogen) atoms. The molecule has 2 fully saturated rings. The molecule has 210 valence electrons. The minimum absolute atomic E-state index is 0.0185. The number of amides is 1. The third-order valence-electron chi connectivity index (χ3n) is 8.46. The molecule has 3 aromatic rings. The molecule has 0 saturated carbocycles. The van der Waals surface area contributed by atoms with Gasteiger partial charge in [0.2, 0.25) is 0 Å². The first-order valence-corrected chi connectivity index (χ1v) is 14.5. The van der Waals surface area contributed by atoms with Gasteiger partial charge in [-0.15, -0.1) is 0 Å². The number of carbonyl (C=O) groups excluding carboxylic acids is 3. The summed E-state index contributed by atoms with van der Waals surface area (Å²) in [5.74, 6) is 0.324. The van der Waals surface area contributed by atoms with Gasteiger partial charge in [-0.3, -0.25) is 24.3 Å². The van der Waals surface area contributed by atoms with E-state index < -0.39 is 0 Å². The molecule has 7 nitrogen and oxygen atoms in total. The predicted molar refractivity (Wildman–Crippen MR) is 156 cm³/mol. The Balaban J connectivity index is 1.07. The lowest BCUT2D eigenvalue weighted by atomic mass is 9.88. The average Bonchev–Trinajstić information content (AvgIpc) is 3.02. The van der Waals surface area contributed by atoms with Crippen LogP contribution in [0.1, 0.15) is 80.0 Å². The van der Waals surface area contributed by atoms with E-state index in [9.17, 15) is 14.4 Å². The molecule has 0 aliphatic carbocycles. The van der Waals surface area contributed by atoms with E-state index in [0.29, 0.717) is 55.1 Å². The van der Waals surface area contributed by atoms with E-state index in [1.807, 2.05) is 55.5 Å². The molecule has 0 atom stereocenters. The van der Waals surface area contributed by atoms with Gasteiger partial charge >= 0.3 is 0 Å². The summed E-state index contributed by atoms with van der Waals surface area (Å²) in [7, 11) is 0. The van der Waals surface area contributed by atoms with Gasteiger partial charge in [0.1, 0.15) is 5.69 Å². The number of ketones is 2. The van der Waals surface area contributed by atoms with Crippen molar-refractivity contribution < 1.29 is 14.4 Å². The van der Waals surface area contributed by atoms with Gasteiger partial charge in [-0.2, -0.15) is 5.26 Å². The molecule has 3 heterocycles. The quantitative estimate of drug-likeness (QED) is 0.346. The minimum atomic E-state index is -0.104. The van der Waals surface area contributed by atoms with Crippen LogP contribution in [0.25, 0.3) is 0 Å². The Labute approximate surface area is 241 Å². The van der Waals surface area contributed by atoms with Gasteiger partial charge in [-0.1, -0.05) is 42.0 Å². The van der Waals surface area contributed by atoms with Crippen LogP contribution in [0.3, 0.4) is 0 Å². The molecule has 0 unspecified atom stereocenters. The maximum Gasteiger partial charge on any atom is 0.255 e. The molecule has 1 amide bonds.